The fourth-order valence-corrected chi connectivity index (χ4v) is 8.39. The molecule has 2 bridgehead atoms. The second kappa shape index (κ2) is 14.9. The van der Waals surface area contributed by atoms with Crippen LogP contribution in [0.3, 0.4) is 0 Å². The molecule has 8 atom stereocenters. The van der Waals surface area contributed by atoms with Gasteiger partial charge in [0, 0.05) is 62.0 Å². The summed E-state index contributed by atoms with van der Waals surface area (Å²) in [6.07, 6.45) is 0.493. The summed E-state index contributed by atoms with van der Waals surface area (Å²) in [6, 6.07) is 10.8. The van der Waals surface area contributed by atoms with E-state index >= 15 is 0 Å². The summed E-state index contributed by atoms with van der Waals surface area (Å²) in [5.74, 6) is 1.07. The number of carbonyl (C=O) groups excluding carboxylic acids is 2. The molecule has 11 heteroatoms. The molecule has 6 rings (SSSR count). The van der Waals surface area contributed by atoms with Crippen LogP contribution in [-0.4, -0.2) is 111 Å². The van der Waals surface area contributed by atoms with Gasteiger partial charge in [-0.25, -0.2) is 0 Å². The number of nitrogens with one attached hydrogen (secondary N) is 2. The fraction of sp³-hybridized carbons (Fsp3) is 0.632. The molecule has 2 amide bonds. The average Bonchev–Trinajstić information content (AvgIpc) is 3.43. The number of ether oxygens (including phenoxy) is 1. The molecule has 2 aromatic carbocycles. The quantitative estimate of drug-likeness (QED) is 0.252. The van der Waals surface area contributed by atoms with Crippen molar-refractivity contribution in [1.29, 1.82) is 0 Å². The van der Waals surface area contributed by atoms with Crippen molar-refractivity contribution in [2.24, 2.45) is 29.1 Å². The lowest BCUT2D eigenvalue weighted by molar-refractivity contribution is -0.183. The number of hydrogen-bond acceptors (Lipinski definition) is 9. The van der Waals surface area contributed by atoms with E-state index in [1.54, 1.807) is 19.0 Å². The molecule has 270 valence electrons. The molecular formula is C38H57N5O6. The minimum atomic E-state index is -0.895. The Kier molecular flexibility index (Phi) is 11.3. The molecule has 11 nitrogen and oxygen atoms in total. The van der Waals surface area contributed by atoms with E-state index in [-0.39, 0.29) is 36.4 Å². The largest absolute Gasteiger partial charge is 0.491 e. The van der Waals surface area contributed by atoms with Crippen LogP contribution in [0.1, 0.15) is 56.5 Å². The van der Waals surface area contributed by atoms with E-state index in [1.165, 1.54) is 6.42 Å². The van der Waals surface area contributed by atoms with Crippen molar-refractivity contribution in [1.82, 2.24) is 20.6 Å². The highest BCUT2D eigenvalue weighted by atomic mass is 16.7. The van der Waals surface area contributed by atoms with Crippen LogP contribution >= 0.6 is 0 Å². The highest BCUT2D eigenvalue weighted by Crippen LogP contribution is 2.61. The van der Waals surface area contributed by atoms with E-state index < -0.39 is 24.2 Å². The van der Waals surface area contributed by atoms with Crippen LogP contribution in [0.15, 0.2) is 36.4 Å². The summed E-state index contributed by atoms with van der Waals surface area (Å²) in [6.45, 7) is 9.49. The molecule has 0 aromatic heterocycles. The van der Waals surface area contributed by atoms with Gasteiger partial charge in [-0.05, 0) is 80.8 Å². The predicted molar refractivity (Wildman–Crippen MR) is 191 cm³/mol. The van der Waals surface area contributed by atoms with Gasteiger partial charge in [-0.1, -0.05) is 39.0 Å². The zero-order valence-electron chi connectivity index (χ0n) is 30.7. The molecule has 0 spiro atoms. The van der Waals surface area contributed by atoms with Gasteiger partial charge in [0.15, 0.2) is 0 Å². The maximum absolute atomic E-state index is 14.3. The topological polar surface area (TPSA) is 127 Å². The first-order valence-electron chi connectivity index (χ1n) is 17.6. The number of anilines is 1. The average molecular weight is 680 g/mol. The lowest BCUT2D eigenvalue weighted by Crippen LogP contribution is -2.62. The Labute approximate surface area is 291 Å². The number of likely N-dealkylation sites (N-methyl/N-ethyl adjacent to an activating group) is 1. The van der Waals surface area contributed by atoms with Crippen LogP contribution in [0, 0.1) is 29.1 Å². The van der Waals surface area contributed by atoms with Crippen LogP contribution in [0.2, 0.25) is 0 Å². The van der Waals surface area contributed by atoms with Crippen molar-refractivity contribution in [3.63, 3.8) is 0 Å². The molecule has 1 heterocycles. The number of hydroxylamine groups is 2. The number of benzene rings is 2. The highest BCUT2D eigenvalue weighted by Gasteiger charge is 2.57. The molecule has 4 N–H and O–H groups in total. The van der Waals surface area contributed by atoms with Gasteiger partial charge >= 0.3 is 0 Å². The van der Waals surface area contributed by atoms with Gasteiger partial charge in [0.25, 0.3) is 5.91 Å². The van der Waals surface area contributed by atoms with E-state index in [9.17, 15) is 19.8 Å². The Hall–Kier alpha value is -3.22. The molecular weight excluding hydrogens is 622 g/mol. The molecule has 1 unspecified atom stereocenters. The Morgan fingerprint density at radius 3 is 2.47 bits per heavy atom. The van der Waals surface area contributed by atoms with Crippen molar-refractivity contribution in [3.05, 3.63) is 47.5 Å². The number of carbonyl (C=O) groups is 2. The molecule has 4 aliphatic rings. The van der Waals surface area contributed by atoms with Gasteiger partial charge in [0.2, 0.25) is 5.91 Å². The van der Waals surface area contributed by atoms with E-state index in [4.69, 9.17) is 9.57 Å². The van der Waals surface area contributed by atoms with Gasteiger partial charge in [0.05, 0.1) is 19.3 Å². The third-order valence-electron chi connectivity index (χ3n) is 11.5. The Balaban J connectivity index is 1.51. The lowest BCUT2D eigenvalue weighted by atomic mass is 9.45. The smallest absolute Gasteiger partial charge is 0.251 e. The predicted octanol–water partition coefficient (Wildman–Crippen LogP) is 3.38. The summed E-state index contributed by atoms with van der Waals surface area (Å²) < 4.78 is 6.53. The molecule has 3 saturated carbocycles. The number of aliphatic hydroxyl groups excluding tert-OH is 2. The number of fused-ring (bicyclic) bond motifs is 2. The van der Waals surface area contributed by atoms with E-state index in [0.29, 0.717) is 42.2 Å². The first-order valence-corrected chi connectivity index (χ1v) is 17.6. The molecule has 0 radical (unpaired) electrons. The third kappa shape index (κ3) is 7.46. The second-order valence-corrected chi connectivity index (χ2v) is 15.4. The molecule has 1 aliphatic heterocycles. The normalized spacial score (nSPS) is 28.1. The summed E-state index contributed by atoms with van der Waals surface area (Å²) in [5.41, 5.74) is 4.07. The highest BCUT2D eigenvalue weighted by molar-refractivity contribution is 5.97. The summed E-state index contributed by atoms with van der Waals surface area (Å²) >= 11 is 0. The minimum absolute atomic E-state index is 0.0423. The van der Waals surface area contributed by atoms with E-state index in [1.807, 2.05) is 74.4 Å². The van der Waals surface area contributed by atoms with Gasteiger partial charge in [-0.15, -0.1) is 0 Å². The third-order valence-corrected chi connectivity index (χ3v) is 11.5. The van der Waals surface area contributed by atoms with Gasteiger partial charge in [-0.2, -0.15) is 5.06 Å². The van der Waals surface area contributed by atoms with Gasteiger partial charge < -0.3 is 35.4 Å². The van der Waals surface area contributed by atoms with Crippen molar-refractivity contribution in [2.75, 3.05) is 59.9 Å². The monoisotopic (exact) mass is 679 g/mol. The van der Waals surface area contributed by atoms with Crippen molar-refractivity contribution in [3.8, 4) is 16.9 Å². The number of rotatable bonds is 13. The standard InChI is InChI=1S/C38H57N5O6/c1-22-30-18-27(38(30,3)4)19-31(22)40-37(47)34-33(23(2)45)32(21-44)49-43(34)20-24-11-10-12-29(35(24)48-14-13-41(6)7)25-15-26(36(46)39-5)17-28(16-25)42(8)9/h10-12,15-17,22-23,27,30-34,44-45H,13-14,18-21H2,1-9H3,(H,39,46)(H,40,47)/t22-,23-,27+,30-,31?,32-,33+,34-/m0/s1. The molecule has 4 fully saturated rings. The van der Waals surface area contributed by atoms with E-state index in [2.05, 4.69) is 31.4 Å². The first-order chi connectivity index (χ1) is 23.2. The SMILES string of the molecule is CNC(=O)c1cc(-c2cccc(CN3O[C@@H](CO)[C@@H]([C@H](C)O)[C@H]3C(=O)NC3C[C@H]4C[C@@H]([C@@H]3C)C4(C)C)c2OCCN(C)C)cc(N(C)C)c1. The van der Waals surface area contributed by atoms with Crippen LogP contribution in [0.4, 0.5) is 5.69 Å². The van der Waals surface area contributed by atoms with Crippen molar-refractivity contribution >= 4 is 17.5 Å². The fourth-order valence-electron chi connectivity index (χ4n) is 8.39. The Morgan fingerprint density at radius 2 is 1.88 bits per heavy atom. The maximum atomic E-state index is 14.3. The number of aliphatic hydroxyl groups is 2. The molecule has 2 aromatic rings. The Morgan fingerprint density at radius 1 is 1.14 bits per heavy atom. The molecule has 49 heavy (non-hydrogen) atoms. The van der Waals surface area contributed by atoms with E-state index in [0.717, 1.165) is 28.8 Å². The van der Waals surface area contributed by atoms with Crippen LogP contribution < -0.4 is 20.3 Å². The second-order valence-electron chi connectivity index (χ2n) is 15.4. The lowest BCUT2D eigenvalue weighted by Gasteiger charge is -2.62. The van der Waals surface area contributed by atoms with Gasteiger partial charge in [-0.3, -0.25) is 14.4 Å². The summed E-state index contributed by atoms with van der Waals surface area (Å²) in [5, 5.41) is 29.0. The van der Waals surface area contributed by atoms with Crippen LogP contribution in [0.5, 0.6) is 5.75 Å². The summed E-state index contributed by atoms with van der Waals surface area (Å²) in [4.78, 5) is 37.4. The number of hydrogen-bond donors (Lipinski definition) is 4. The maximum Gasteiger partial charge on any atom is 0.251 e. The zero-order chi connectivity index (χ0) is 35.8. The Bertz CT molecular complexity index is 1490. The minimum Gasteiger partial charge on any atom is -0.491 e. The van der Waals surface area contributed by atoms with Crippen LogP contribution in [-0.2, 0) is 16.2 Å². The van der Waals surface area contributed by atoms with Gasteiger partial charge in [0.1, 0.15) is 24.5 Å². The van der Waals surface area contributed by atoms with Crippen molar-refractivity contribution < 1.29 is 29.4 Å². The number of para-hydroxylation sites is 1. The molecule has 3 aliphatic carbocycles. The summed E-state index contributed by atoms with van der Waals surface area (Å²) in [7, 11) is 9.44. The zero-order valence-corrected chi connectivity index (χ0v) is 30.7. The number of nitrogens with zero attached hydrogens (tertiary/aromatic N) is 3. The first kappa shape index (κ1) is 37.0. The molecule has 1 saturated heterocycles. The van der Waals surface area contributed by atoms with Crippen LogP contribution in [0.25, 0.3) is 11.1 Å². The number of amides is 2. The van der Waals surface area contributed by atoms with Crippen molar-refractivity contribution in [2.45, 2.75) is 71.4 Å².